The molecule has 2 atom stereocenters. The van der Waals surface area contributed by atoms with Crippen LogP contribution in [0.1, 0.15) is 24.9 Å². The van der Waals surface area contributed by atoms with Gasteiger partial charge in [-0.15, -0.1) is 0 Å². The standard InChI is InChI=1S/C10H14N2/c1-8-4-6-12-10(8)9-3-2-5-11-7-9/h2-3,5,7-8,10,12H,4,6H2,1H3/t8-,10+/m0/s1. The van der Waals surface area contributed by atoms with Gasteiger partial charge in [-0.3, -0.25) is 4.98 Å². The molecule has 0 unspecified atom stereocenters. The molecule has 1 aromatic rings. The summed E-state index contributed by atoms with van der Waals surface area (Å²) < 4.78 is 0. The highest BCUT2D eigenvalue weighted by Crippen LogP contribution is 2.27. The van der Waals surface area contributed by atoms with Crippen molar-refractivity contribution < 1.29 is 0 Å². The molecule has 1 saturated heterocycles. The molecule has 2 heteroatoms. The summed E-state index contributed by atoms with van der Waals surface area (Å²) >= 11 is 0. The summed E-state index contributed by atoms with van der Waals surface area (Å²) in [7, 11) is 0. The van der Waals surface area contributed by atoms with Gasteiger partial charge in [-0.25, -0.2) is 0 Å². The Labute approximate surface area is 73.0 Å². The van der Waals surface area contributed by atoms with Gasteiger partial charge in [0.05, 0.1) is 0 Å². The predicted octanol–water partition coefficient (Wildman–Crippen LogP) is 1.75. The van der Waals surface area contributed by atoms with E-state index in [2.05, 4.69) is 23.3 Å². The zero-order valence-electron chi connectivity index (χ0n) is 7.33. The van der Waals surface area contributed by atoms with Crippen molar-refractivity contribution in [3.63, 3.8) is 0 Å². The van der Waals surface area contributed by atoms with Crippen molar-refractivity contribution in [2.75, 3.05) is 6.54 Å². The average Bonchev–Trinajstić information content (AvgIpc) is 2.53. The molecule has 0 spiro atoms. The van der Waals surface area contributed by atoms with Crippen LogP contribution in [-0.2, 0) is 0 Å². The van der Waals surface area contributed by atoms with Gasteiger partial charge in [-0.2, -0.15) is 0 Å². The topological polar surface area (TPSA) is 24.9 Å². The number of nitrogens with zero attached hydrogens (tertiary/aromatic N) is 1. The minimum atomic E-state index is 0.527. The molecule has 12 heavy (non-hydrogen) atoms. The van der Waals surface area contributed by atoms with E-state index in [9.17, 15) is 0 Å². The van der Waals surface area contributed by atoms with Crippen molar-refractivity contribution in [2.24, 2.45) is 5.92 Å². The minimum Gasteiger partial charge on any atom is -0.310 e. The van der Waals surface area contributed by atoms with Gasteiger partial charge >= 0.3 is 0 Å². The molecule has 0 radical (unpaired) electrons. The normalized spacial score (nSPS) is 29.1. The molecule has 0 saturated carbocycles. The lowest BCUT2D eigenvalue weighted by atomic mass is 9.98. The Bertz CT molecular complexity index is 245. The summed E-state index contributed by atoms with van der Waals surface area (Å²) in [4.78, 5) is 4.12. The first-order chi connectivity index (χ1) is 5.88. The summed E-state index contributed by atoms with van der Waals surface area (Å²) in [6.07, 6.45) is 5.06. The number of nitrogens with one attached hydrogen (secondary N) is 1. The first-order valence-electron chi connectivity index (χ1n) is 4.51. The molecule has 0 aromatic carbocycles. The molecule has 1 fully saturated rings. The maximum Gasteiger partial charge on any atom is 0.0361 e. The van der Waals surface area contributed by atoms with E-state index in [1.165, 1.54) is 12.0 Å². The third kappa shape index (κ3) is 1.34. The lowest BCUT2D eigenvalue weighted by Crippen LogP contribution is -2.16. The van der Waals surface area contributed by atoms with Crippen LogP contribution in [0.25, 0.3) is 0 Å². The summed E-state index contributed by atoms with van der Waals surface area (Å²) in [6, 6.07) is 4.67. The van der Waals surface area contributed by atoms with Crippen LogP contribution in [0.4, 0.5) is 0 Å². The summed E-state index contributed by atoms with van der Waals surface area (Å²) in [5.74, 6) is 0.745. The van der Waals surface area contributed by atoms with Gasteiger partial charge in [0.2, 0.25) is 0 Å². The second-order valence-electron chi connectivity index (χ2n) is 3.48. The maximum absolute atomic E-state index is 4.12. The molecule has 0 aliphatic carbocycles. The smallest absolute Gasteiger partial charge is 0.0361 e. The van der Waals surface area contributed by atoms with Crippen LogP contribution >= 0.6 is 0 Å². The van der Waals surface area contributed by atoms with Crippen LogP contribution in [0.2, 0.25) is 0 Å². The Kier molecular flexibility index (Phi) is 2.09. The Morgan fingerprint density at radius 3 is 3.08 bits per heavy atom. The van der Waals surface area contributed by atoms with Gasteiger partial charge in [0, 0.05) is 18.4 Å². The third-order valence-electron chi connectivity index (χ3n) is 2.58. The number of pyridine rings is 1. The van der Waals surface area contributed by atoms with E-state index < -0.39 is 0 Å². The van der Waals surface area contributed by atoms with Gasteiger partial charge in [0.15, 0.2) is 0 Å². The van der Waals surface area contributed by atoms with Gasteiger partial charge in [-0.05, 0) is 30.5 Å². The zero-order valence-corrected chi connectivity index (χ0v) is 7.33. The fraction of sp³-hybridized carbons (Fsp3) is 0.500. The third-order valence-corrected chi connectivity index (χ3v) is 2.58. The van der Waals surface area contributed by atoms with Crippen molar-refractivity contribution in [3.05, 3.63) is 30.1 Å². The summed E-state index contributed by atoms with van der Waals surface area (Å²) in [6.45, 7) is 3.43. The summed E-state index contributed by atoms with van der Waals surface area (Å²) in [5, 5.41) is 3.48. The molecule has 1 N–H and O–H groups in total. The number of hydrogen-bond donors (Lipinski definition) is 1. The highest BCUT2D eigenvalue weighted by molar-refractivity contribution is 5.15. The Balaban J connectivity index is 2.19. The van der Waals surface area contributed by atoms with E-state index in [0.29, 0.717) is 6.04 Å². The molecule has 2 nitrogen and oxygen atoms in total. The van der Waals surface area contributed by atoms with E-state index in [1.54, 1.807) is 0 Å². The predicted molar refractivity (Wildman–Crippen MR) is 48.8 cm³/mol. The molecule has 1 aliphatic heterocycles. The molecule has 64 valence electrons. The SMILES string of the molecule is C[C@H]1CCN[C@H]1c1cccnc1. The van der Waals surface area contributed by atoms with Crippen molar-refractivity contribution in [3.8, 4) is 0 Å². The van der Waals surface area contributed by atoms with Crippen molar-refractivity contribution in [1.29, 1.82) is 0 Å². The highest BCUT2D eigenvalue weighted by atomic mass is 14.9. The Morgan fingerprint density at radius 1 is 1.58 bits per heavy atom. The van der Waals surface area contributed by atoms with Crippen molar-refractivity contribution >= 4 is 0 Å². The molecular weight excluding hydrogens is 148 g/mol. The van der Waals surface area contributed by atoms with Gasteiger partial charge in [-0.1, -0.05) is 13.0 Å². The monoisotopic (exact) mass is 162 g/mol. The molecular formula is C10H14N2. The number of rotatable bonds is 1. The lowest BCUT2D eigenvalue weighted by molar-refractivity contribution is 0.502. The van der Waals surface area contributed by atoms with Crippen LogP contribution in [0, 0.1) is 5.92 Å². The van der Waals surface area contributed by atoms with Gasteiger partial charge < -0.3 is 5.32 Å². The zero-order chi connectivity index (χ0) is 8.39. The van der Waals surface area contributed by atoms with E-state index >= 15 is 0 Å². The molecule has 2 rings (SSSR count). The minimum absolute atomic E-state index is 0.527. The van der Waals surface area contributed by atoms with E-state index in [1.807, 2.05) is 18.5 Å². The fourth-order valence-electron chi connectivity index (χ4n) is 1.84. The van der Waals surface area contributed by atoms with Gasteiger partial charge in [0.25, 0.3) is 0 Å². The second kappa shape index (κ2) is 3.23. The molecule has 0 amide bonds. The van der Waals surface area contributed by atoms with E-state index in [-0.39, 0.29) is 0 Å². The fourth-order valence-corrected chi connectivity index (χ4v) is 1.84. The maximum atomic E-state index is 4.12. The largest absolute Gasteiger partial charge is 0.310 e. The second-order valence-corrected chi connectivity index (χ2v) is 3.48. The lowest BCUT2D eigenvalue weighted by Gasteiger charge is -2.14. The Hall–Kier alpha value is -0.890. The van der Waals surface area contributed by atoms with Crippen LogP contribution in [-0.4, -0.2) is 11.5 Å². The van der Waals surface area contributed by atoms with Crippen LogP contribution < -0.4 is 5.32 Å². The van der Waals surface area contributed by atoms with Gasteiger partial charge in [0.1, 0.15) is 0 Å². The first kappa shape index (κ1) is 7.74. The van der Waals surface area contributed by atoms with Crippen molar-refractivity contribution in [2.45, 2.75) is 19.4 Å². The van der Waals surface area contributed by atoms with Crippen LogP contribution in [0.5, 0.6) is 0 Å². The first-order valence-corrected chi connectivity index (χ1v) is 4.51. The van der Waals surface area contributed by atoms with E-state index in [0.717, 1.165) is 12.5 Å². The molecule has 0 bridgehead atoms. The average molecular weight is 162 g/mol. The van der Waals surface area contributed by atoms with Crippen LogP contribution in [0.3, 0.4) is 0 Å². The molecule has 1 aliphatic rings. The number of hydrogen-bond acceptors (Lipinski definition) is 2. The highest BCUT2D eigenvalue weighted by Gasteiger charge is 2.23. The van der Waals surface area contributed by atoms with E-state index in [4.69, 9.17) is 0 Å². The Morgan fingerprint density at radius 2 is 2.50 bits per heavy atom. The van der Waals surface area contributed by atoms with Crippen LogP contribution in [0.15, 0.2) is 24.5 Å². The molecule has 1 aromatic heterocycles. The number of aromatic nitrogens is 1. The molecule has 2 heterocycles. The van der Waals surface area contributed by atoms with Crippen molar-refractivity contribution in [1.82, 2.24) is 10.3 Å². The quantitative estimate of drug-likeness (QED) is 0.680. The summed E-state index contributed by atoms with van der Waals surface area (Å²) in [5.41, 5.74) is 1.32.